The highest BCUT2D eigenvalue weighted by Crippen LogP contribution is 2.35. The van der Waals surface area contributed by atoms with Gasteiger partial charge in [0.1, 0.15) is 0 Å². The van der Waals surface area contributed by atoms with E-state index in [-0.39, 0.29) is 17.3 Å². The molecular weight excluding hydrogens is 390 g/mol. The number of pyridine rings is 1. The van der Waals surface area contributed by atoms with Crippen molar-refractivity contribution in [3.8, 4) is 0 Å². The minimum Gasteiger partial charge on any atom is -0.320 e. The van der Waals surface area contributed by atoms with Crippen LogP contribution >= 0.6 is 0 Å². The SMILES string of the molecule is CC1(C)CS(=O)(=O)N(c2ccc(C(=O)Nc3cccc4cccnc34)cc2)C1=O. The first-order valence-corrected chi connectivity index (χ1v) is 10.6. The number of carbonyl (C=O) groups excluding carboxylic acids is 2. The molecule has 0 unspecified atom stereocenters. The molecule has 1 aliphatic rings. The molecule has 1 saturated heterocycles. The molecule has 2 amide bonds. The predicted octanol–water partition coefficient (Wildman–Crippen LogP) is 3.19. The number of nitrogens with one attached hydrogen (secondary N) is 1. The highest BCUT2D eigenvalue weighted by atomic mass is 32.2. The number of para-hydroxylation sites is 1. The van der Waals surface area contributed by atoms with Crippen LogP contribution < -0.4 is 9.62 Å². The lowest BCUT2D eigenvalue weighted by atomic mass is 9.95. The molecule has 3 aromatic rings. The maximum Gasteiger partial charge on any atom is 0.255 e. The van der Waals surface area contributed by atoms with E-state index in [9.17, 15) is 18.0 Å². The average molecular weight is 409 g/mol. The van der Waals surface area contributed by atoms with Crippen molar-refractivity contribution in [2.24, 2.45) is 5.41 Å². The van der Waals surface area contributed by atoms with Gasteiger partial charge in [-0.2, -0.15) is 0 Å². The van der Waals surface area contributed by atoms with Gasteiger partial charge in [-0.25, -0.2) is 12.7 Å². The van der Waals surface area contributed by atoms with E-state index >= 15 is 0 Å². The molecule has 0 spiro atoms. The zero-order valence-corrected chi connectivity index (χ0v) is 16.7. The summed E-state index contributed by atoms with van der Waals surface area (Å²) in [5.41, 5.74) is 0.845. The molecular formula is C21H19N3O4S. The Balaban J connectivity index is 1.60. The van der Waals surface area contributed by atoms with Gasteiger partial charge in [0.25, 0.3) is 5.91 Å². The summed E-state index contributed by atoms with van der Waals surface area (Å²) in [6, 6.07) is 15.1. The number of anilines is 2. The minimum atomic E-state index is -3.73. The van der Waals surface area contributed by atoms with Gasteiger partial charge >= 0.3 is 0 Å². The third kappa shape index (κ3) is 3.36. The summed E-state index contributed by atoms with van der Waals surface area (Å²) in [6.07, 6.45) is 1.65. The molecule has 0 radical (unpaired) electrons. The van der Waals surface area contributed by atoms with E-state index in [1.54, 1.807) is 26.1 Å². The Morgan fingerprint density at radius 3 is 2.41 bits per heavy atom. The fourth-order valence-electron chi connectivity index (χ4n) is 3.41. The molecule has 8 heteroatoms. The fraction of sp³-hybridized carbons (Fsp3) is 0.190. The summed E-state index contributed by atoms with van der Waals surface area (Å²) in [5.74, 6) is -1.07. The van der Waals surface area contributed by atoms with E-state index in [2.05, 4.69) is 10.3 Å². The molecule has 1 aliphatic heterocycles. The van der Waals surface area contributed by atoms with Gasteiger partial charge in [0.15, 0.2) is 0 Å². The number of fused-ring (bicyclic) bond motifs is 1. The van der Waals surface area contributed by atoms with Gasteiger partial charge in [-0.05, 0) is 50.2 Å². The van der Waals surface area contributed by atoms with Crippen molar-refractivity contribution in [1.82, 2.24) is 4.98 Å². The molecule has 0 atom stereocenters. The molecule has 1 aromatic heterocycles. The fourth-order valence-corrected chi connectivity index (χ4v) is 5.52. The van der Waals surface area contributed by atoms with Crippen LogP contribution in [0.25, 0.3) is 10.9 Å². The summed E-state index contributed by atoms with van der Waals surface area (Å²) in [6.45, 7) is 3.21. The van der Waals surface area contributed by atoms with Gasteiger partial charge in [-0.15, -0.1) is 0 Å². The van der Waals surface area contributed by atoms with Crippen molar-refractivity contribution in [3.05, 3.63) is 66.4 Å². The number of benzene rings is 2. The van der Waals surface area contributed by atoms with Crippen molar-refractivity contribution in [1.29, 1.82) is 0 Å². The molecule has 7 nitrogen and oxygen atoms in total. The topological polar surface area (TPSA) is 96.4 Å². The second-order valence-electron chi connectivity index (χ2n) is 7.59. The molecule has 0 saturated carbocycles. The van der Waals surface area contributed by atoms with Crippen molar-refractivity contribution in [2.75, 3.05) is 15.4 Å². The Morgan fingerprint density at radius 1 is 1.07 bits per heavy atom. The number of rotatable bonds is 3. The lowest BCUT2D eigenvalue weighted by molar-refractivity contribution is -0.123. The molecule has 0 bridgehead atoms. The lowest BCUT2D eigenvalue weighted by Gasteiger charge is -2.17. The third-order valence-corrected chi connectivity index (χ3v) is 6.85. The van der Waals surface area contributed by atoms with E-state index in [1.807, 2.05) is 24.3 Å². The Morgan fingerprint density at radius 2 is 1.76 bits per heavy atom. The Kier molecular flexibility index (Phi) is 4.38. The molecule has 1 N–H and O–H groups in total. The molecule has 29 heavy (non-hydrogen) atoms. The number of hydrogen-bond acceptors (Lipinski definition) is 5. The molecule has 0 aliphatic carbocycles. The number of amides is 2. The zero-order chi connectivity index (χ0) is 20.8. The smallest absolute Gasteiger partial charge is 0.255 e. The Labute approximate surface area is 168 Å². The summed E-state index contributed by atoms with van der Waals surface area (Å²) in [5, 5.41) is 3.73. The monoisotopic (exact) mass is 409 g/mol. The normalized spacial score (nSPS) is 17.4. The van der Waals surface area contributed by atoms with Crippen molar-refractivity contribution in [2.45, 2.75) is 13.8 Å². The third-order valence-electron chi connectivity index (χ3n) is 4.83. The summed E-state index contributed by atoms with van der Waals surface area (Å²) in [4.78, 5) is 29.4. The van der Waals surface area contributed by atoms with Crippen LogP contribution in [-0.4, -0.2) is 31.0 Å². The Bertz CT molecular complexity index is 1230. The van der Waals surface area contributed by atoms with Crippen LogP contribution in [0.5, 0.6) is 0 Å². The van der Waals surface area contributed by atoms with E-state index in [0.29, 0.717) is 16.8 Å². The first-order valence-electron chi connectivity index (χ1n) is 9.02. The summed E-state index contributed by atoms with van der Waals surface area (Å²) >= 11 is 0. The van der Waals surface area contributed by atoms with Crippen LogP contribution in [0.1, 0.15) is 24.2 Å². The van der Waals surface area contributed by atoms with Crippen LogP contribution in [0.2, 0.25) is 0 Å². The standard InChI is InChI=1S/C21H19N3O4S/c1-21(2)13-29(27,28)24(20(21)26)16-10-8-15(9-11-16)19(25)23-17-7-3-5-14-6-4-12-22-18(14)17/h3-12H,13H2,1-2H3,(H,23,25). The quantitative estimate of drug-likeness (QED) is 0.717. The second-order valence-corrected chi connectivity index (χ2v) is 9.41. The largest absolute Gasteiger partial charge is 0.320 e. The number of carbonyl (C=O) groups is 2. The zero-order valence-electron chi connectivity index (χ0n) is 15.9. The van der Waals surface area contributed by atoms with Crippen molar-refractivity contribution < 1.29 is 18.0 Å². The van der Waals surface area contributed by atoms with Gasteiger partial charge in [-0.1, -0.05) is 18.2 Å². The summed E-state index contributed by atoms with van der Waals surface area (Å²) in [7, 11) is -3.73. The maximum atomic E-state index is 12.6. The molecule has 4 rings (SSSR count). The minimum absolute atomic E-state index is 0.226. The first-order chi connectivity index (χ1) is 13.7. The summed E-state index contributed by atoms with van der Waals surface area (Å²) < 4.78 is 25.6. The predicted molar refractivity (Wildman–Crippen MR) is 111 cm³/mol. The van der Waals surface area contributed by atoms with Gasteiger partial charge in [0, 0.05) is 17.1 Å². The number of sulfonamides is 1. The first kappa shape index (κ1) is 19.1. The number of nitrogens with zero attached hydrogens (tertiary/aromatic N) is 2. The highest BCUT2D eigenvalue weighted by Gasteiger charge is 2.49. The highest BCUT2D eigenvalue weighted by molar-refractivity contribution is 7.94. The van der Waals surface area contributed by atoms with Gasteiger partial charge in [0.05, 0.1) is 28.1 Å². The lowest BCUT2D eigenvalue weighted by Crippen LogP contribution is -2.32. The van der Waals surface area contributed by atoms with E-state index in [4.69, 9.17) is 0 Å². The van der Waals surface area contributed by atoms with Crippen LogP contribution in [0.3, 0.4) is 0 Å². The average Bonchev–Trinajstić information content (AvgIpc) is 2.84. The molecule has 2 heterocycles. The van der Waals surface area contributed by atoms with E-state index < -0.39 is 21.3 Å². The molecule has 148 valence electrons. The van der Waals surface area contributed by atoms with Crippen LogP contribution in [-0.2, 0) is 14.8 Å². The number of hydrogen-bond donors (Lipinski definition) is 1. The number of aromatic nitrogens is 1. The Hall–Kier alpha value is -3.26. The van der Waals surface area contributed by atoms with Crippen LogP contribution in [0, 0.1) is 5.41 Å². The second kappa shape index (κ2) is 6.66. The van der Waals surface area contributed by atoms with Crippen LogP contribution in [0.4, 0.5) is 11.4 Å². The van der Waals surface area contributed by atoms with Crippen molar-refractivity contribution in [3.63, 3.8) is 0 Å². The van der Waals surface area contributed by atoms with Crippen LogP contribution in [0.15, 0.2) is 60.8 Å². The van der Waals surface area contributed by atoms with Gasteiger partial charge in [-0.3, -0.25) is 14.6 Å². The van der Waals surface area contributed by atoms with E-state index in [0.717, 1.165) is 9.69 Å². The molecule has 1 fully saturated rings. The van der Waals surface area contributed by atoms with E-state index in [1.165, 1.54) is 24.3 Å². The maximum absolute atomic E-state index is 12.6. The van der Waals surface area contributed by atoms with Crippen molar-refractivity contribution >= 4 is 44.1 Å². The van der Waals surface area contributed by atoms with Gasteiger partial charge in [0.2, 0.25) is 15.9 Å². The molecule has 2 aromatic carbocycles. The van der Waals surface area contributed by atoms with Gasteiger partial charge < -0.3 is 5.32 Å².